The molecule has 0 atom stereocenters. The number of aryl methyl sites for hydroxylation is 1. The van der Waals surface area contributed by atoms with Gasteiger partial charge in [-0.15, -0.1) is 0 Å². The number of carbonyl (C=O) groups is 1. The number of hydrogen-bond acceptors (Lipinski definition) is 4. The van der Waals surface area contributed by atoms with E-state index in [1.54, 1.807) is 11.1 Å². The Balaban J connectivity index is 1.66. The second-order valence-electron chi connectivity index (χ2n) is 7.68. The van der Waals surface area contributed by atoms with Crippen molar-refractivity contribution in [3.63, 3.8) is 0 Å². The van der Waals surface area contributed by atoms with Gasteiger partial charge in [0.25, 0.3) is 5.91 Å². The average Bonchev–Trinajstić information content (AvgIpc) is 2.73. The van der Waals surface area contributed by atoms with Gasteiger partial charge in [-0.1, -0.05) is 25.5 Å². The first-order chi connectivity index (χ1) is 13.5. The first kappa shape index (κ1) is 20.2. The first-order valence-corrected chi connectivity index (χ1v) is 10.3. The van der Waals surface area contributed by atoms with Crippen LogP contribution in [-0.4, -0.2) is 55.6 Å². The lowest BCUT2D eigenvalue weighted by Crippen LogP contribution is -2.47. The van der Waals surface area contributed by atoms with Crippen molar-refractivity contribution >= 4 is 17.4 Å². The Hall–Kier alpha value is -2.56. The van der Waals surface area contributed by atoms with Gasteiger partial charge in [0.15, 0.2) is 0 Å². The molecule has 0 aliphatic carbocycles. The molecule has 3 rings (SSSR count). The highest BCUT2D eigenvalue weighted by molar-refractivity contribution is 5.94. The first-order valence-electron chi connectivity index (χ1n) is 10.3. The van der Waals surface area contributed by atoms with Crippen LogP contribution in [-0.2, 0) is 0 Å². The number of pyridine rings is 1. The highest BCUT2D eigenvalue weighted by Gasteiger charge is 2.21. The number of anilines is 2. The van der Waals surface area contributed by atoms with Crippen LogP contribution in [0.4, 0.5) is 11.5 Å². The Kier molecular flexibility index (Phi) is 6.55. The predicted octanol–water partition coefficient (Wildman–Crippen LogP) is 3.90. The van der Waals surface area contributed by atoms with Crippen LogP contribution in [0.25, 0.3) is 0 Å². The molecule has 0 spiro atoms. The SMILES string of the molecule is CCCCN(C)C(=O)c1ccnc(N2CCN(c3cccc(C)c3C)CC2)c1. The van der Waals surface area contributed by atoms with Crippen molar-refractivity contribution in [2.75, 3.05) is 49.6 Å². The van der Waals surface area contributed by atoms with Gasteiger partial charge in [-0.3, -0.25) is 4.79 Å². The fraction of sp³-hybridized carbons (Fsp3) is 0.478. The van der Waals surface area contributed by atoms with E-state index < -0.39 is 0 Å². The maximum absolute atomic E-state index is 12.7. The number of carbonyl (C=O) groups excluding carboxylic acids is 1. The summed E-state index contributed by atoms with van der Waals surface area (Å²) in [5, 5.41) is 0. The Morgan fingerprint density at radius 1 is 1.11 bits per heavy atom. The van der Waals surface area contributed by atoms with Crippen molar-refractivity contribution in [2.45, 2.75) is 33.6 Å². The van der Waals surface area contributed by atoms with Crippen molar-refractivity contribution in [2.24, 2.45) is 0 Å². The van der Waals surface area contributed by atoms with E-state index in [0.29, 0.717) is 0 Å². The molecular formula is C23H32N4O. The van der Waals surface area contributed by atoms with Crippen LogP contribution in [0.1, 0.15) is 41.3 Å². The lowest BCUT2D eigenvalue weighted by atomic mass is 10.1. The Bertz CT molecular complexity index is 812. The fourth-order valence-electron chi connectivity index (χ4n) is 3.70. The van der Waals surface area contributed by atoms with Gasteiger partial charge >= 0.3 is 0 Å². The standard InChI is InChI=1S/C23H32N4O/c1-5-6-12-25(4)23(28)20-10-11-24-22(17-20)27-15-13-26(14-16-27)21-9-7-8-18(2)19(21)3/h7-11,17H,5-6,12-16H2,1-4H3. The van der Waals surface area contributed by atoms with Gasteiger partial charge in [-0.05, 0) is 49.6 Å². The summed E-state index contributed by atoms with van der Waals surface area (Å²) in [6.07, 6.45) is 3.87. The maximum atomic E-state index is 12.7. The van der Waals surface area contributed by atoms with E-state index in [0.717, 1.165) is 56.9 Å². The third kappa shape index (κ3) is 4.46. The molecule has 1 aromatic carbocycles. The van der Waals surface area contributed by atoms with Crippen LogP contribution in [0, 0.1) is 13.8 Å². The fourth-order valence-corrected chi connectivity index (χ4v) is 3.70. The molecule has 2 heterocycles. The largest absolute Gasteiger partial charge is 0.368 e. The van der Waals surface area contributed by atoms with Gasteiger partial charge in [0, 0.05) is 57.2 Å². The molecule has 0 unspecified atom stereocenters. The summed E-state index contributed by atoms with van der Waals surface area (Å²) >= 11 is 0. The molecule has 5 heteroatoms. The van der Waals surface area contributed by atoms with Crippen LogP contribution < -0.4 is 9.80 Å². The molecule has 0 saturated carbocycles. The second kappa shape index (κ2) is 9.09. The molecule has 0 radical (unpaired) electrons. The Morgan fingerprint density at radius 2 is 1.82 bits per heavy atom. The minimum Gasteiger partial charge on any atom is -0.368 e. The Morgan fingerprint density at radius 3 is 2.54 bits per heavy atom. The van der Waals surface area contributed by atoms with Crippen molar-refractivity contribution < 1.29 is 4.79 Å². The molecule has 0 bridgehead atoms. The lowest BCUT2D eigenvalue weighted by Gasteiger charge is -2.37. The second-order valence-corrected chi connectivity index (χ2v) is 7.68. The third-order valence-electron chi connectivity index (χ3n) is 5.71. The van der Waals surface area contributed by atoms with E-state index in [4.69, 9.17) is 0 Å². The zero-order valence-corrected chi connectivity index (χ0v) is 17.6. The number of aromatic nitrogens is 1. The molecular weight excluding hydrogens is 348 g/mol. The quantitative estimate of drug-likeness (QED) is 0.762. The van der Waals surface area contributed by atoms with Gasteiger partial charge < -0.3 is 14.7 Å². The topological polar surface area (TPSA) is 39.7 Å². The number of benzene rings is 1. The van der Waals surface area contributed by atoms with Crippen molar-refractivity contribution in [1.82, 2.24) is 9.88 Å². The zero-order chi connectivity index (χ0) is 20.1. The number of nitrogens with zero attached hydrogens (tertiary/aromatic N) is 4. The highest BCUT2D eigenvalue weighted by Crippen LogP contribution is 2.25. The molecule has 2 aromatic rings. The van der Waals surface area contributed by atoms with Gasteiger partial charge in [-0.25, -0.2) is 4.98 Å². The van der Waals surface area contributed by atoms with Crippen LogP contribution in [0.3, 0.4) is 0 Å². The highest BCUT2D eigenvalue weighted by atomic mass is 16.2. The summed E-state index contributed by atoms with van der Waals surface area (Å²) < 4.78 is 0. The molecule has 1 aliphatic rings. The summed E-state index contributed by atoms with van der Waals surface area (Å²) in [6.45, 7) is 11.0. The molecule has 1 aliphatic heterocycles. The number of unbranched alkanes of at least 4 members (excludes halogenated alkanes) is 1. The number of hydrogen-bond donors (Lipinski definition) is 0. The molecule has 1 amide bonds. The lowest BCUT2D eigenvalue weighted by molar-refractivity contribution is 0.0793. The van der Waals surface area contributed by atoms with Crippen LogP contribution in [0.2, 0.25) is 0 Å². The van der Waals surface area contributed by atoms with Crippen molar-refractivity contribution in [3.05, 3.63) is 53.2 Å². The normalized spacial score (nSPS) is 14.3. The predicted molar refractivity (Wildman–Crippen MR) is 116 cm³/mol. The summed E-state index contributed by atoms with van der Waals surface area (Å²) in [6, 6.07) is 10.3. The molecule has 1 fully saturated rings. The smallest absolute Gasteiger partial charge is 0.253 e. The average molecular weight is 381 g/mol. The third-order valence-corrected chi connectivity index (χ3v) is 5.71. The van der Waals surface area contributed by atoms with E-state index in [2.05, 4.69) is 53.8 Å². The minimum absolute atomic E-state index is 0.0751. The van der Waals surface area contributed by atoms with Crippen LogP contribution in [0.5, 0.6) is 0 Å². The summed E-state index contributed by atoms with van der Waals surface area (Å²) in [5.41, 5.74) is 4.74. The summed E-state index contributed by atoms with van der Waals surface area (Å²) in [5.74, 6) is 0.974. The van der Waals surface area contributed by atoms with Crippen molar-refractivity contribution in [3.8, 4) is 0 Å². The molecule has 150 valence electrons. The number of piperazine rings is 1. The van der Waals surface area contributed by atoms with E-state index >= 15 is 0 Å². The van der Waals surface area contributed by atoms with Crippen LogP contribution >= 0.6 is 0 Å². The number of amides is 1. The van der Waals surface area contributed by atoms with Gasteiger partial charge in [0.2, 0.25) is 0 Å². The van der Waals surface area contributed by atoms with Gasteiger partial charge in [-0.2, -0.15) is 0 Å². The summed E-state index contributed by atoms with van der Waals surface area (Å²) in [7, 11) is 1.88. The van der Waals surface area contributed by atoms with E-state index in [9.17, 15) is 4.79 Å². The van der Waals surface area contributed by atoms with E-state index in [1.165, 1.54) is 16.8 Å². The molecule has 1 saturated heterocycles. The molecule has 5 nitrogen and oxygen atoms in total. The van der Waals surface area contributed by atoms with Gasteiger partial charge in [0.05, 0.1) is 0 Å². The number of rotatable bonds is 6. The van der Waals surface area contributed by atoms with Gasteiger partial charge in [0.1, 0.15) is 5.82 Å². The van der Waals surface area contributed by atoms with Crippen LogP contribution in [0.15, 0.2) is 36.5 Å². The molecule has 1 aromatic heterocycles. The summed E-state index contributed by atoms with van der Waals surface area (Å²) in [4.78, 5) is 23.7. The maximum Gasteiger partial charge on any atom is 0.253 e. The minimum atomic E-state index is 0.0751. The van der Waals surface area contributed by atoms with E-state index in [1.807, 2.05) is 19.2 Å². The zero-order valence-electron chi connectivity index (χ0n) is 17.6. The van der Waals surface area contributed by atoms with E-state index in [-0.39, 0.29) is 5.91 Å². The Labute approximate surface area is 169 Å². The monoisotopic (exact) mass is 380 g/mol. The molecule has 0 N–H and O–H groups in total. The molecule has 28 heavy (non-hydrogen) atoms. The van der Waals surface area contributed by atoms with Crippen molar-refractivity contribution in [1.29, 1.82) is 0 Å².